The first-order valence-corrected chi connectivity index (χ1v) is 5.04. The number of carboxylic acid groups (broad SMARTS) is 1. The van der Waals surface area contributed by atoms with Gasteiger partial charge in [-0.1, -0.05) is 0 Å². The number of likely N-dealkylation sites (tertiary alicyclic amines) is 1. The summed E-state index contributed by atoms with van der Waals surface area (Å²) >= 11 is 0. The molecular weight excluding hydrogens is 220 g/mol. The Balaban J connectivity index is 0.00000112. The van der Waals surface area contributed by atoms with E-state index >= 15 is 0 Å². The SMILES string of the molecule is Cl.O=C(O)N1CCC2(CC1)CNCCO2. The lowest BCUT2D eigenvalue weighted by Crippen LogP contribution is -2.56. The molecule has 0 unspecified atom stereocenters. The van der Waals surface area contributed by atoms with E-state index in [1.54, 1.807) is 0 Å². The van der Waals surface area contributed by atoms with Crippen molar-refractivity contribution in [1.82, 2.24) is 10.2 Å². The minimum atomic E-state index is -0.816. The molecule has 0 saturated carbocycles. The first-order chi connectivity index (χ1) is 6.72. The highest BCUT2D eigenvalue weighted by atomic mass is 35.5. The molecule has 1 spiro atoms. The molecule has 2 aliphatic heterocycles. The van der Waals surface area contributed by atoms with Gasteiger partial charge in [0.25, 0.3) is 0 Å². The Bertz CT molecular complexity index is 221. The molecule has 88 valence electrons. The third-order valence-corrected chi connectivity index (χ3v) is 3.08. The van der Waals surface area contributed by atoms with Crippen LogP contribution in [0.25, 0.3) is 0 Å². The van der Waals surface area contributed by atoms with Crippen LogP contribution < -0.4 is 5.32 Å². The van der Waals surface area contributed by atoms with Gasteiger partial charge >= 0.3 is 6.09 Å². The summed E-state index contributed by atoms with van der Waals surface area (Å²) in [5, 5.41) is 12.1. The van der Waals surface area contributed by atoms with E-state index in [0.717, 1.165) is 32.5 Å². The molecular formula is C9H17ClN2O3. The molecule has 0 aromatic heterocycles. The fourth-order valence-electron chi connectivity index (χ4n) is 2.13. The highest BCUT2D eigenvalue weighted by Crippen LogP contribution is 2.27. The average Bonchev–Trinajstić information content (AvgIpc) is 2.19. The zero-order valence-electron chi connectivity index (χ0n) is 8.57. The molecule has 0 bridgehead atoms. The molecule has 2 N–H and O–H groups in total. The quantitative estimate of drug-likeness (QED) is 0.645. The molecule has 6 heteroatoms. The maximum Gasteiger partial charge on any atom is 0.407 e. The lowest BCUT2D eigenvalue weighted by Gasteiger charge is -2.43. The maximum atomic E-state index is 10.7. The molecule has 2 saturated heterocycles. The molecule has 1 amide bonds. The van der Waals surface area contributed by atoms with E-state index in [1.807, 2.05) is 0 Å². The van der Waals surface area contributed by atoms with Crippen LogP contribution in [0.2, 0.25) is 0 Å². The first-order valence-electron chi connectivity index (χ1n) is 5.04. The molecule has 0 radical (unpaired) electrons. The summed E-state index contributed by atoms with van der Waals surface area (Å²) in [7, 11) is 0. The molecule has 0 atom stereocenters. The van der Waals surface area contributed by atoms with Crippen molar-refractivity contribution in [2.75, 3.05) is 32.8 Å². The summed E-state index contributed by atoms with van der Waals surface area (Å²) in [6.07, 6.45) is 0.808. The van der Waals surface area contributed by atoms with E-state index in [0.29, 0.717) is 13.1 Å². The maximum absolute atomic E-state index is 10.7. The van der Waals surface area contributed by atoms with Gasteiger partial charge in [-0.05, 0) is 12.8 Å². The van der Waals surface area contributed by atoms with E-state index in [-0.39, 0.29) is 18.0 Å². The molecule has 5 nitrogen and oxygen atoms in total. The van der Waals surface area contributed by atoms with Gasteiger partial charge in [0.05, 0.1) is 12.2 Å². The van der Waals surface area contributed by atoms with Gasteiger partial charge in [-0.3, -0.25) is 0 Å². The van der Waals surface area contributed by atoms with Crippen molar-refractivity contribution >= 4 is 18.5 Å². The molecule has 0 aliphatic carbocycles. The van der Waals surface area contributed by atoms with E-state index in [9.17, 15) is 4.79 Å². The predicted octanol–water partition coefficient (Wildman–Crippen LogP) is 0.541. The van der Waals surface area contributed by atoms with Crippen molar-refractivity contribution < 1.29 is 14.6 Å². The third-order valence-electron chi connectivity index (χ3n) is 3.08. The van der Waals surface area contributed by atoms with Gasteiger partial charge in [-0.15, -0.1) is 12.4 Å². The Hall–Kier alpha value is -0.520. The van der Waals surface area contributed by atoms with Gasteiger partial charge in [0.15, 0.2) is 0 Å². The number of hydrogen-bond donors (Lipinski definition) is 2. The van der Waals surface area contributed by atoms with Crippen LogP contribution in [0.3, 0.4) is 0 Å². The minimum Gasteiger partial charge on any atom is -0.465 e. The van der Waals surface area contributed by atoms with Crippen LogP contribution in [-0.4, -0.2) is 54.5 Å². The van der Waals surface area contributed by atoms with Gasteiger partial charge < -0.3 is 20.1 Å². The highest BCUT2D eigenvalue weighted by Gasteiger charge is 2.37. The number of nitrogens with zero attached hydrogens (tertiary/aromatic N) is 1. The van der Waals surface area contributed by atoms with Crippen LogP contribution in [0.15, 0.2) is 0 Å². The standard InChI is InChI=1S/C9H16N2O3.ClH/c12-8(13)11-4-1-9(2-5-11)7-10-3-6-14-9;/h10H,1-7H2,(H,12,13);1H. The van der Waals surface area contributed by atoms with E-state index < -0.39 is 6.09 Å². The number of halogens is 1. The smallest absolute Gasteiger partial charge is 0.407 e. The third kappa shape index (κ3) is 2.74. The lowest BCUT2D eigenvalue weighted by molar-refractivity contribution is -0.0962. The van der Waals surface area contributed by atoms with Crippen LogP contribution in [0.1, 0.15) is 12.8 Å². The number of hydrogen-bond acceptors (Lipinski definition) is 3. The Kier molecular flexibility index (Phi) is 4.19. The second kappa shape index (κ2) is 5.01. The second-order valence-electron chi connectivity index (χ2n) is 3.98. The highest BCUT2D eigenvalue weighted by molar-refractivity contribution is 5.85. The van der Waals surface area contributed by atoms with Crippen molar-refractivity contribution in [3.63, 3.8) is 0 Å². The van der Waals surface area contributed by atoms with Gasteiger partial charge in [0.2, 0.25) is 0 Å². The number of rotatable bonds is 0. The largest absolute Gasteiger partial charge is 0.465 e. The van der Waals surface area contributed by atoms with E-state index in [1.165, 1.54) is 4.90 Å². The molecule has 2 heterocycles. The fourth-order valence-corrected chi connectivity index (χ4v) is 2.13. The minimum absolute atomic E-state index is 0. The summed E-state index contributed by atoms with van der Waals surface area (Å²) in [6, 6.07) is 0. The number of morpholine rings is 1. The monoisotopic (exact) mass is 236 g/mol. The summed E-state index contributed by atoms with van der Waals surface area (Å²) in [4.78, 5) is 12.2. The number of ether oxygens (including phenoxy) is 1. The molecule has 0 aromatic rings. The van der Waals surface area contributed by atoms with Crippen LogP contribution in [-0.2, 0) is 4.74 Å². The number of amides is 1. The molecule has 2 rings (SSSR count). The normalized spacial score (nSPS) is 24.7. The Labute approximate surface area is 95.2 Å². The molecule has 15 heavy (non-hydrogen) atoms. The zero-order chi connectivity index (χ0) is 10.0. The van der Waals surface area contributed by atoms with Crippen molar-refractivity contribution in [3.8, 4) is 0 Å². The van der Waals surface area contributed by atoms with Crippen LogP contribution in [0, 0.1) is 0 Å². The fraction of sp³-hybridized carbons (Fsp3) is 0.889. The van der Waals surface area contributed by atoms with Crippen LogP contribution >= 0.6 is 12.4 Å². The van der Waals surface area contributed by atoms with Crippen molar-refractivity contribution in [1.29, 1.82) is 0 Å². The van der Waals surface area contributed by atoms with Crippen molar-refractivity contribution in [2.45, 2.75) is 18.4 Å². The first kappa shape index (κ1) is 12.5. The Morgan fingerprint density at radius 2 is 2.07 bits per heavy atom. The topological polar surface area (TPSA) is 61.8 Å². The predicted molar refractivity (Wildman–Crippen MR) is 57.6 cm³/mol. The lowest BCUT2D eigenvalue weighted by atomic mass is 9.90. The van der Waals surface area contributed by atoms with Crippen molar-refractivity contribution in [3.05, 3.63) is 0 Å². The molecule has 0 aromatic carbocycles. The van der Waals surface area contributed by atoms with Gasteiger partial charge in [-0.2, -0.15) is 0 Å². The summed E-state index contributed by atoms with van der Waals surface area (Å²) in [6.45, 7) is 3.70. The second-order valence-corrected chi connectivity index (χ2v) is 3.98. The number of carbonyl (C=O) groups is 1. The number of piperidine rings is 1. The van der Waals surface area contributed by atoms with Gasteiger partial charge in [0.1, 0.15) is 0 Å². The Morgan fingerprint density at radius 3 is 2.53 bits per heavy atom. The zero-order valence-corrected chi connectivity index (χ0v) is 9.39. The Morgan fingerprint density at radius 1 is 1.40 bits per heavy atom. The molecule has 2 fully saturated rings. The van der Waals surface area contributed by atoms with Crippen molar-refractivity contribution in [2.24, 2.45) is 0 Å². The van der Waals surface area contributed by atoms with Gasteiger partial charge in [-0.25, -0.2) is 4.79 Å². The number of nitrogens with one attached hydrogen (secondary N) is 1. The summed E-state index contributed by atoms with van der Waals surface area (Å²) < 4.78 is 5.75. The average molecular weight is 237 g/mol. The van der Waals surface area contributed by atoms with E-state index in [4.69, 9.17) is 9.84 Å². The van der Waals surface area contributed by atoms with Crippen LogP contribution in [0.5, 0.6) is 0 Å². The molecule has 2 aliphatic rings. The van der Waals surface area contributed by atoms with Gasteiger partial charge in [0, 0.05) is 26.2 Å². The van der Waals surface area contributed by atoms with E-state index in [2.05, 4.69) is 5.32 Å². The summed E-state index contributed by atoms with van der Waals surface area (Å²) in [5.74, 6) is 0. The van der Waals surface area contributed by atoms with Crippen LogP contribution in [0.4, 0.5) is 4.79 Å². The summed E-state index contributed by atoms with van der Waals surface area (Å²) in [5.41, 5.74) is -0.0931.